The summed E-state index contributed by atoms with van der Waals surface area (Å²) >= 11 is 0. The first kappa shape index (κ1) is 21.8. The molecule has 2 saturated heterocycles. The Bertz CT molecular complexity index is 865. The molecule has 1 amide bonds. The number of ether oxygens (including phenoxy) is 1. The Morgan fingerprint density at radius 1 is 0.968 bits per heavy atom. The third kappa shape index (κ3) is 5.83. The van der Waals surface area contributed by atoms with Gasteiger partial charge in [-0.05, 0) is 54.8 Å². The van der Waals surface area contributed by atoms with E-state index in [0.717, 1.165) is 70.0 Å². The molecule has 2 aromatic carbocycles. The van der Waals surface area contributed by atoms with E-state index in [2.05, 4.69) is 21.9 Å². The summed E-state index contributed by atoms with van der Waals surface area (Å²) in [5.74, 6) is 1.01. The number of methoxy groups -OCH3 is 1. The van der Waals surface area contributed by atoms with Gasteiger partial charge >= 0.3 is 0 Å². The van der Waals surface area contributed by atoms with E-state index >= 15 is 0 Å². The minimum atomic E-state index is -0.199. The van der Waals surface area contributed by atoms with E-state index in [4.69, 9.17) is 4.74 Å². The van der Waals surface area contributed by atoms with Gasteiger partial charge in [-0.1, -0.05) is 24.3 Å². The minimum absolute atomic E-state index is 0.0513. The first-order valence-corrected chi connectivity index (χ1v) is 11.2. The molecule has 0 radical (unpaired) electrons. The number of hydrogen-bond acceptors (Lipinski definition) is 4. The number of carbonyl (C=O) groups excluding carboxylic acids is 1. The SMILES string of the molecule is COc1ccc(CN2CCN(C(=O)C3CCCN(Cc4cccc(F)c4)C3)CC2)cc1. The zero-order valence-electron chi connectivity index (χ0n) is 18.3. The highest BCUT2D eigenvalue weighted by atomic mass is 19.1. The second-order valence-corrected chi connectivity index (χ2v) is 8.65. The lowest BCUT2D eigenvalue weighted by Gasteiger charge is -2.39. The number of carbonyl (C=O) groups is 1. The van der Waals surface area contributed by atoms with E-state index in [1.165, 1.54) is 11.6 Å². The molecule has 2 aliphatic rings. The van der Waals surface area contributed by atoms with Gasteiger partial charge in [-0.2, -0.15) is 0 Å². The molecule has 2 aromatic rings. The smallest absolute Gasteiger partial charge is 0.227 e. The summed E-state index contributed by atoms with van der Waals surface area (Å²) < 4.78 is 18.7. The van der Waals surface area contributed by atoms with Crippen LogP contribution in [0.3, 0.4) is 0 Å². The predicted molar refractivity (Wildman–Crippen MR) is 119 cm³/mol. The Morgan fingerprint density at radius 3 is 2.42 bits per heavy atom. The average molecular weight is 426 g/mol. The zero-order valence-corrected chi connectivity index (χ0v) is 18.3. The standard InChI is InChI=1S/C25H32FN3O2/c1-31-24-9-7-20(8-10-24)17-27-12-14-29(15-13-27)25(30)22-5-3-11-28(19-22)18-21-4-2-6-23(26)16-21/h2,4,6-10,16,22H,3,5,11-15,17-19H2,1H3. The van der Waals surface area contributed by atoms with Crippen LogP contribution in [0.1, 0.15) is 24.0 Å². The van der Waals surface area contributed by atoms with Crippen LogP contribution in [0.5, 0.6) is 5.75 Å². The van der Waals surface area contributed by atoms with Crippen molar-refractivity contribution in [1.82, 2.24) is 14.7 Å². The Labute approximate surface area is 184 Å². The lowest BCUT2D eigenvalue weighted by molar-refractivity contribution is -0.139. The van der Waals surface area contributed by atoms with Gasteiger partial charge in [0, 0.05) is 45.8 Å². The van der Waals surface area contributed by atoms with Crippen LogP contribution < -0.4 is 4.74 Å². The highest BCUT2D eigenvalue weighted by Crippen LogP contribution is 2.22. The lowest BCUT2D eigenvalue weighted by Crippen LogP contribution is -2.52. The Balaban J connectivity index is 1.25. The van der Waals surface area contributed by atoms with E-state index in [1.807, 2.05) is 23.1 Å². The van der Waals surface area contributed by atoms with Crippen LogP contribution >= 0.6 is 0 Å². The third-order valence-corrected chi connectivity index (χ3v) is 6.40. The van der Waals surface area contributed by atoms with Gasteiger partial charge < -0.3 is 9.64 Å². The molecule has 0 aromatic heterocycles. The molecule has 4 rings (SSSR count). The van der Waals surface area contributed by atoms with Gasteiger partial charge in [-0.15, -0.1) is 0 Å². The number of halogens is 1. The number of benzene rings is 2. The van der Waals surface area contributed by atoms with Crippen molar-refractivity contribution in [1.29, 1.82) is 0 Å². The molecule has 1 atom stereocenters. The molecule has 0 N–H and O–H groups in total. The summed E-state index contributed by atoms with van der Waals surface area (Å²) in [5, 5.41) is 0. The highest BCUT2D eigenvalue weighted by Gasteiger charge is 2.31. The van der Waals surface area contributed by atoms with E-state index in [0.29, 0.717) is 6.54 Å². The summed E-state index contributed by atoms with van der Waals surface area (Å²) in [6.45, 7) is 6.71. The largest absolute Gasteiger partial charge is 0.497 e. The molecular formula is C25H32FN3O2. The molecule has 2 fully saturated rings. The Hall–Kier alpha value is -2.44. The van der Waals surface area contributed by atoms with E-state index in [-0.39, 0.29) is 17.6 Å². The summed E-state index contributed by atoms with van der Waals surface area (Å²) in [6, 6.07) is 15.0. The normalized spacial score (nSPS) is 20.6. The number of likely N-dealkylation sites (tertiary alicyclic amines) is 1. The fourth-order valence-electron chi connectivity index (χ4n) is 4.67. The van der Waals surface area contributed by atoms with Crippen molar-refractivity contribution in [2.45, 2.75) is 25.9 Å². The number of piperidine rings is 1. The van der Waals surface area contributed by atoms with E-state index < -0.39 is 0 Å². The van der Waals surface area contributed by atoms with Crippen molar-refractivity contribution < 1.29 is 13.9 Å². The first-order chi connectivity index (χ1) is 15.1. The molecule has 2 aliphatic heterocycles. The number of nitrogens with zero attached hydrogens (tertiary/aromatic N) is 3. The van der Waals surface area contributed by atoms with Crippen LogP contribution in [0.2, 0.25) is 0 Å². The Kier molecular flexibility index (Phi) is 7.20. The maximum atomic E-state index is 13.5. The summed E-state index contributed by atoms with van der Waals surface area (Å²) in [4.78, 5) is 19.9. The molecule has 2 heterocycles. The fraction of sp³-hybridized carbons (Fsp3) is 0.480. The number of rotatable bonds is 6. The summed E-state index contributed by atoms with van der Waals surface area (Å²) in [7, 11) is 1.68. The highest BCUT2D eigenvalue weighted by molar-refractivity contribution is 5.79. The van der Waals surface area contributed by atoms with Crippen molar-refractivity contribution in [2.75, 3.05) is 46.4 Å². The summed E-state index contributed by atoms with van der Waals surface area (Å²) in [5.41, 5.74) is 2.24. The van der Waals surface area contributed by atoms with Crippen molar-refractivity contribution in [3.05, 3.63) is 65.5 Å². The van der Waals surface area contributed by atoms with E-state index in [9.17, 15) is 9.18 Å². The topological polar surface area (TPSA) is 36.0 Å². The van der Waals surface area contributed by atoms with Crippen LogP contribution in [0.25, 0.3) is 0 Å². The molecule has 1 unspecified atom stereocenters. The predicted octanol–water partition coefficient (Wildman–Crippen LogP) is 3.39. The van der Waals surface area contributed by atoms with Gasteiger partial charge in [0.15, 0.2) is 0 Å². The van der Waals surface area contributed by atoms with Gasteiger partial charge in [0.1, 0.15) is 11.6 Å². The van der Waals surface area contributed by atoms with Gasteiger partial charge in [0.25, 0.3) is 0 Å². The molecule has 0 spiro atoms. The van der Waals surface area contributed by atoms with Crippen LogP contribution in [0.4, 0.5) is 4.39 Å². The number of amides is 1. The maximum Gasteiger partial charge on any atom is 0.227 e. The van der Waals surface area contributed by atoms with Crippen LogP contribution in [-0.4, -0.2) is 67.0 Å². The molecule has 166 valence electrons. The van der Waals surface area contributed by atoms with Crippen molar-refractivity contribution in [2.24, 2.45) is 5.92 Å². The van der Waals surface area contributed by atoms with Crippen molar-refractivity contribution in [3.63, 3.8) is 0 Å². The van der Waals surface area contributed by atoms with Gasteiger partial charge in [-0.3, -0.25) is 14.6 Å². The average Bonchev–Trinajstić information content (AvgIpc) is 2.80. The first-order valence-electron chi connectivity index (χ1n) is 11.2. The zero-order chi connectivity index (χ0) is 21.6. The summed E-state index contributed by atoms with van der Waals surface area (Å²) in [6.07, 6.45) is 1.97. The fourth-order valence-corrected chi connectivity index (χ4v) is 4.67. The molecule has 31 heavy (non-hydrogen) atoms. The van der Waals surface area contributed by atoms with Crippen LogP contribution in [0.15, 0.2) is 48.5 Å². The second-order valence-electron chi connectivity index (χ2n) is 8.65. The van der Waals surface area contributed by atoms with Crippen LogP contribution in [-0.2, 0) is 17.9 Å². The van der Waals surface area contributed by atoms with Crippen molar-refractivity contribution in [3.8, 4) is 5.75 Å². The minimum Gasteiger partial charge on any atom is -0.497 e. The van der Waals surface area contributed by atoms with E-state index in [1.54, 1.807) is 19.2 Å². The lowest BCUT2D eigenvalue weighted by atomic mass is 9.95. The second kappa shape index (κ2) is 10.2. The molecule has 5 nitrogen and oxygen atoms in total. The molecule has 6 heteroatoms. The number of hydrogen-bond donors (Lipinski definition) is 0. The van der Waals surface area contributed by atoms with Gasteiger partial charge in [-0.25, -0.2) is 4.39 Å². The molecule has 0 saturated carbocycles. The quantitative estimate of drug-likeness (QED) is 0.711. The van der Waals surface area contributed by atoms with Gasteiger partial charge in [0.05, 0.1) is 13.0 Å². The Morgan fingerprint density at radius 2 is 1.71 bits per heavy atom. The maximum absolute atomic E-state index is 13.5. The molecule has 0 aliphatic carbocycles. The number of piperazine rings is 1. The van der Waals surface area contributed by atoms with Crippen molar-refractivity contribution >= 4 is 5.91 Å². The molecule has 0 bridgehead atoms. The molecular weight excluding hydrogens is 393 g/mol. The monoisotopic (exact) mass is 425 g/mol. The van der Waals surface area contributed by atoms with Crippen LogP contribution in [0, 0.1) is 11.7 Å². The third-order valence-electron chi connectivity index (χ3n) is 6.40. The van der Waals surface area contributed by atoms with Gasteiger partial charge in [0.2, 0.25) is 5.91 Å².